The van der Waals surface area contributed by atoms with Gasteiger partial charge in [0.25, 0.3) is 0 Å². The summed E-state index contributed by atoms with van der Waals surface area (Å²) in [6.45, 7) is 5.08. The molecule has 0 amide bonds. The van der Waals surface area contributed by atoms with E-state index in [1.807, 2.05) is 0 Å². The highest BCUT2D eigenvalue weighted by Gasteiger charge is 2.34. The standard InChI is InChI=1S/C17H30N2O/c20-13-17-4-3-9-19(17)8-2-1-7-18-12-16-11-14-5-6-15(16)10-14/h5-6,14-18,20H,1-4,7-13H2. The molecule has 1 heterocycles. The van der Waals surface area contributed by atoms with Crippen LogP contribution in [0, 0.1) is 17.8 Å². The highest BCUT2D eigenvalue weighted by atomic mass is 16.3. The van der Waals surface area contributed by atoms with E-state index >= 15 is 0 Å². The quantitative estimate of drug-likeness (QED) is 0.527. The molecular formula is C17H30N2O. The van der Waals surface area contributed by atoms with E-state index in [9.17, 15) is 5.11 Å². The van der Waals surface area contributed by atoms with E-state index in [2.05, 4.69) is 22.4 Å². The summed E-state index contributed by atoms with van der Waals surface area (Å²) in [5, 5.41) is 13.0. The van der Waals surface area contributed by atoms with E-state index < -0.39 is 0 Å². The summed E-state index contributed by atoms with van der Waals surface area (Å²) in [7, 11) is 0. The molecule has 0 aromatic carbocycles. The van der Waals surface area contributed by atoms with Gasteiger partial charge in [0.2, 0.25) is 0 Å². The van der Waals surface area contributed by atoms with Crippen LogP contribution in [0.3, 0.4) is 0 Å². The van der Waals surface area contributed by atoms with Crippen molar-refractivity contribution in [3.63, 3.8) is 0 Å². The molecule has 0 aromatic heterocycles. The van der Waals surface area contributed by atoms with E-state index in [0.717, 1.165) is 24.3 Å². The number of likely N-dealkylation sites (tertiary alicyclic amines) is 1. The third-order valence-corrected chi connectivity index (χ3v) is 5.58. The van der Waals surface area contributed by atoms with Crippen molar-refractivity contribution in [3.05, 3.63) is 12.2 Å². The zero-order chi connectivity index (χ0) is 13.8. The van der Waals surface area contributed by atoms with Gasteiger partial charge in [0.1, 0.15) is 0 Å². The molecule has 1 saturated carbocycles. The van der Waals surface area contributed by atoms with E-state index in [-0.39, 0.29) is 0 Å². The number of nitrogens with zero attached hydrogens (tertiary/aromatic N) is 1. The second kappa shape index (κ2) is 7.06. The van der Waals surface area contributed by atoms with Crippen LogP contribution >= 0.6 is 0 Å². The van der Waals surface area contributed by atoms with Crippen LogP contribution in [-0.4, -0.2) is 48.8 Å². The summed E-state index contributed by atoms with van der Waals surface area (Å²) in [4.78, 5) is 2.47. The number of rotatable bonds is 8. The molecule has 2 fully saturated rings. The van der Waals surface area contributed by atoms with Crippen molar-refractivity contribution in [2.75, 3.05) is 32.8 Å². The van der Waals surface area contributed by atoms with Gasteiger partial charge in [-0.3, -0.25) is 4.90 Å². The largest absolute Gasteiger partial charge is 0.395 e. The van der Waals surface area contributed by atoms with Gasteiger partial charge in [0.05, 0.1) is 6.61 Å². The lowest BCUT2D eigenvalue weighted by molar-refractivity contribution is 0.157. The summed E-state index contributed by atoms with van der Waals surface area (Å²) >= 11 is 0. The van der Waals surface area contributed by atoms with Gasteiger partial charge in [-0.15, -0.1) is 0 Å². The molecule has 0 spiro atoms. The summed E-state index contributed by atoms with van der Waals surface area (Å²) in [6.07, 6.45) is 12.7. The molecule has 4 atom stereocenters. The minimum Gasteiger partial charge on any atom is -0.395 e. The Morgan fingerprint density at radius 3 is 2.90 bits per heavy atom. The van der Waals surface area contributed by atoms with Crippen LogP contribution in [0.4, 0.5) is 0 Å². The van der Waals surface area contributed by atoms with Gasteiger partial charge < -0.3 is 10.4 Å². The van der Waals surface area contributed by atoms with E-state index in [1.54, 1.807) is 0 Å². The lowest BCUT2D eigenvalue weighted by Crippen LogP contribution is -2.33. The summed E-state index contributed by atoms with van der Waals surface area (Å²) in [6, 6.07) is 0.448. The molecule has 1 saturated heterocycles. The molecule has 3 heteroatoms. The first kappa shape index (κ1) is 14.6. The van der Waals surface area contributed by atoms with E-state index in [4.69, 9.17) is 0 Å². The molecule has 0 aromatic rings. The molecule has 0 radical (unpaired) electrons. The topological polar surface area (TPSA) is 35.5 Å². The number of nitrogens with one attached hydrogen (secondary N) is 1. The summed E-state index contributed by atoms with van der Waals surface area (Å²) in [5.41, 5.74) is 0. The summed E-state index contributed by atoms with van der Waals surface area (Å²) < 4.78 is 0. The predicted octanol–water partition coefficient (Wildman–Crippen LogP) is 2.03. The molecule has 1 aliphatic heterocycles. The Kier molecular flexibility index (Phi) is 5.14. The fraction of sp³-hybridized carbons (Fsp3) is 0.882. The van der Waals surface area contributed by atoms with Crippen LogP contribution in [0.1, 0.15) is 38.5 Å². The first-order chi connectivity index (χ1) is 9.86. The van der Waals surface area contributed by atoms with Crippen molar-refractivity contribution in [2.24, 2.45) is 17.8 Å². The second-order valence-corrected chi connectivity index (χ2v) is 6.97. The minimum atomic E-state index is 0.343. The molecule has 114 valence electrons. The minimum absolute atomic E-state index is 0.343. The Labute approximate surface area is 123 Å². The van der Waals surface area contributed by atoms with Gasteiger partial charge >= 0.3 is 0 Å². The van der Waals surface area contributed by atoms with Crippen LogP contribution in [0.2, 0.25) is 0 Å². The van der Waals surface area contributed by atoms with Crippen molar-refractivity contribution >= 4 is 0 Å². The smallest absolute Gasteiger partial charge is 0.0586 e. The number of hydrogen-bond acceptors (Lipinski definition) is 3. The van der Waals surface area contributed by atoms with Crippen LogP contribution < -0.4 is 5.32 Å². The van der Waals surface area contributed by atoms with E-state index in [0.29, 0.717) is 12.6 Å². The van der Waals surface area contributed by atoms with Crippen molar-refractivity contribution in [1.82, 2.24) is 10.2 Å². The molecule has 2 N–H and O–H groups in total. The van der Waals surface area contributed by atoms with Crippen molar-refractivity contribution < 1.29 is 5.11 Å². The zero-order valence-electron chi connectivity index (χ0n) is 12.6. The van der Waals surface area contributed by atoms with Gasteiger partial charge in [-0.1, -0.05) is 12.2 Å². The molecule has 2 bridgehead atoms. The number of fused-ring (bicyclic) bond motifs is 2. The normalized spacial score (nSPS) is 36.2. The van der Waals surface area contributed by atoms with Crippen LogP contribution in [0.15, 0.2) is 12.2 Å². The Morgan fingerprint density at radius 2 is 2.15 bits per heavy atom. The lowest BCUT2D eigenvalue weighted by atomic mass is 9.93. The first-order valence-corrected chi connectivity index (χ1v) is 8.61. The number of allylic oxidation sites excluding steroid dienone is 2. The fourth-order valence-corrected chi connectivity index (χ4v) is 4.38. The van der Waals surface area contributed by atoms with Gasteiger partial charge in [-0.2, -0.15) is 0 Å². The number of hydrogen-bond donors (Lipinski definition) is 2. The highest BCUT2D eigenvalue weighted by Crippen LogP contribution is 2.42. The Hall–Kier alpha value is -0.380. The van der Waals surface area contributed by atoms with Gasteiger partial charge in [-0.05, 0) is 82.5 Å². The third kappa shape index (κ3) is 3.44. The van der Waals surface area contributed by atoms with Gasteiger partial charge in [0, 0.05) is 6.04 Å². The Morgan fingerprint density at radius 1 is 1.20 bits per heavy atom. The number of unbranched alkanes of at least 4 members (excludes halogenated alkanes) is 1. The average Bonchev–Trinajstić information content (AvgIpc) is 3.18. The van der Waals surface area contributed by atoms with E-state index in [1.165, 1.54) is 58.2 Å². The van der Waals surface area contributed by atoms with Crippen LogP contribution in [0.5, 0.6) is 0 Å². The van der Waals surface area contributed by atoms with Crippen molar-refractivity contribution in [3.8, 4) is 0 Å². The maximum absolute atomic E-state index is 9.29. The second-order valence-electron chi connectivity index (χ2n) is 6.97. The maximum Gasteiger partial charge on any atom is 0.0586 e. The molecule has 3 rings (SSSR count). The molecule has 4 unspecified atom stereocenters. The van der Waals surface area contributed by atoms with Crippen LogP contribution in [-0.2, 0) is 0 Å². The molecule has 2 aliphatic carbocycles. The lowest BCUT2D eigenvalue weighted by Gasteiger charge is -2.22. The molecule has 3 nitrogen and oxygen atoms in total. The van der Waals surface area contributed by atoms with Gasteiger partial charge in [-0.25, -0.2) is 0 Å². The Bertz CT molecular complexity index is 331. The zero-order valence-corrected chi connectivity index (χ0v) is 12.6. The average molecular weight is 278 g/mol. The van der Waals surface area contributed by atoms with Gasteiger partial charge in [0.15, 0.2) is 0 Å². The van der Waals surface area contributed by atoms with Crippen LogP contribution in [0.25, 0.3) is 0 Å². The molecule has 20 heavy (non-hydrogen) atoms. The third-order valence-electron chi connectivity index (χ3n) is 5.58. The van der Waals surface area contributed by atoms with Crippen molar-refractivity contribution in [2.45, 2.75) is 44.6 Å². The molecule has 3 aliphatic rings. The first-order valence-electron chi connectivity index (χ1n) is 8.61. The maximum atomic E-state index is 9.29. The Balaban J connectivity index is 1.22. The SMILES string of the molecule is OCC1CCCN1CCCCNCC1CC2C=CC1C2. The number of aliphatic hydroxyl groups is 1. The monoisotopic (exact) mass is 278 g/mol. The number of aliphatic hydroxyl groups excluding tert-OH is 1. The molecular weight excluding hydrogens is 248 g/mol. The predicted molar refractivity (Wildman–Crippen MR) is 82.6 cm³/mol. The fourth-order valence-electron chi connectivity index (χ4n) is 4.38. The highest BCUT2D eigenvalue weighted by molar-refractivity contribution is 5.10. The summed E-state index contributed by atoms with van der Waals surface area (Å²) in [5.74, 6) is 2.68. The van der Waals surface area contributed by atoms with Crippen molar-refractivity contribution in [1.29, 1.82) is 0 Å².